The zero-order chi connectivity index (χ0) is 25.0. The molecule has 10 heteroatoms. The van der Waals surface area contributed by atoms with Gasteiger partial charge in [-0.15, -0.1) is 0 Å². The highest BCUT2D eigenvalue weighted by atomic mass is 19.1. The van der Waals surface area contributed by atoms with Crippen molar-refractivity contribution in [1.82, 2.24) is 29.7 Å². The maximum atomic E-state index is 14.8. The summed E-state index contributed by atoms with van der Waals surface area (Å²) in [7, 11) is 0. The normalized spacial score (nSPS) is 24.1. The quantitative estimate of drug-likeness (QED) is 0.374. The fourth-order valence-corrected chi connectivity index (χ4v) is 4.90. The van der Waals surface area contributed by atoms with Crippen LogP contribution in [0.15, 0.2) is 30.6 Å². The first-order valence-corrected chi connectivity index (χ1v) is 12.1. The average molecular weight is 495 g/mol. The molecule has 36 heavy (non-hydrogen) atoms. The van der Waals surface area contributed by atoms with Gasteiger partial charge in [-0.25, -0.2) is 33.1 Å². The number of hydrogen-bond acceptors (Lipinski definition) is 6. The van der Waals surface area contributed by atoms with Gasteiger partial charge < -0.3 is 4.74 Å². The number of ether oxygens (including phenoxy) is 1. The Kier molecular flexibility index (Phi) is 5.70. The van der Waals surface area contributed by atoms with Crippen LogP contribution in [0.1, 0.15) is 66.5 Å². The maximum Gasteiger partial charge on any atom is 0.182 e. The fraction of sp³-hybridized carbons (Fsp3) is 0.423. The van der Waals surface area contributed by atoms with Crippen molar-refractivity contribution < 1.29 is 17.9 Å². The lowest BCUT2D eigenvalue weighted by Crippen LogP contribution is -2.28. The molecule has 1 saturated carbocycles. The van der Waals surface area contributed by atoms with E-state index >= 15 is 0 Å². The fourth-order valence-electron chi connectivity index (χ4n) is 4.90. The molecule has 6 rings (SSSR count). The van der Waals surface area contributed by atoms with E-state index in [1.807, 2.05) is 24.7 Å². The molecule has 4 heterocycles. The van der Waals surface area contributed by atoms with Crippen LogP contribution in [0.4, 0.5) is 13.2 Å². The van der Waals surface area contributed by atoms with Crippen LogP contribution in [-0.2, 0) is 4.74 Å². The third-order valence-corrected chi connectivity index (χ3v) is 7.22. The summed E-state index contributed by atoms with van der Waals surface area (Å²) in [6.45, 7) is 4.16. The van der Waals surface area contributed by atoms with Crippen LogP contribution >= 0.6 is 0 Å². The van der Waals surface area contributed by atoms with Crippen LogP contribution in [0.5, 0.6) is 0 Å². The Morgan fingerprint density at radius 2 is 1.81 bits per heavy atom. The summed E-state index contributed by atoms with van der Waals surface area (Å²) < 4.78 is 49.6. The molecule has 0 spiro atoms. The van der Waals surface area contributed by atoms with Gasteiger partial charge >= 0.3 is 0 Å². The SMILES string of the molecule is Cc1nc2nc(C3CCOC(c4cnn(C5CC(F)C5)c4)C3)nc(-c3ccc(F)cc3F)c2nc1C. The van der Waals surface area contributed by atoms with E-state index in [0.717, 1.165) is 17.3 Å². The highest BCUT2D eigenvalue weighted by Crippen LogP contribution is 2.39. The second kappa shape index (κ2) is 8.92. The summed E-state index contributed by atoms with van der Waals surface area (Å²) in [5.41, 5.74) is 3.55. The molecular weight excluding hydrogens is 469 g/mol. The van der Waals surface area contributed by atoms with Crippen LogP contribution in [-0.4, -0.2) is 42.5 Å². The number of halogens is 3. The van der Waals surface area contributed by atoms with Gasteiger partial charge in [-0.3, -0.25) is 4.68 Å². The molecule has 1 aliphatic heterocycles. The largest absolute Gasteiger partial charge is 0.373 e. The van der Waals surface area contributed by atoms with Gasteiger partial charge in [-0.1, -0.05) is 0 Å². The van der Waals surface area contributed by atoms with E-state index in [9.17, 15) is 13.2 Å². The highest BCUT2D eigenvalue weighted by molar-refractivity contribution is 5.87. The Hall–Kier alpha value is -3.40. The summed E-state index contributed by atoms with van der Waals surface area (Å²) in [5.74, 6) is -0.922. The summed E-state index contributed by atoms with van der Waals surface area (Å²) >= 11 is 0. The van der Waals surface area contributed by atoms with Crippen LogP contribution in [0.2, 0.25) is 0 Å². The first-order chi connectivity index (χ1) is 17.4. The number of nitrogens with zero attached hydrogens (tertiary/aromatic N) is 6. The number of hydrogen-bond donors (Lipinski definition) is 0. The second-order valence-corrected chi connectivity index (χ2v) is 9.68. The Bertz CT molecular complexity index is 1450. The van der Waals surface area contributed by atoms with Crippen molar-refractivity contribution >= 4 is 11.2 Å². The first-order valence-electron chi connectivity index (χ1n) is 12.1. The maximum absolute atomic E-state index is 14.8. The number of aryl methyl sites for hydroxylation is 2. The molecular formula is C26H25F3N6O. The number of alkyl halides is 1. The van der Waals surface area contributed by atoms with E-state index in [2.05, 4.69) is 15.1 Å². The molecule has 3 aromatic heterocycles. The van der Waals surface area contributed by atoms with E-state index in [-0.39, 0.29) is 23.6 Å². The Labute approximate surface area is 205 Å². The van der Waals surface area contributed by atoms with Crippen molar-refractivity contribution in [3.63, 3.8) is 0 Å². The van der Waals surface area contributed by atoms with Crippen molar-refractivity contribution in [1.29, 1.82) is 0 Å². The minimum absolute atomic E-state index is 0.0684. The van der Waals surface area contributed by atoms with Crippen LogP contribution in [0.25, 0.3) is 22.4 Å². The van der Waals surface area contributed by atoms with Crippen molar-refractivity contribution in [3.8, 4) is 11.3 Å². The molecule has 0 bridgehead atoms. The van der Waals surface area contributed by atoms with Gasteiger partial charge in [0.2, 0.25) is 0 Å². The molecule has 7 nitrogen and oxygen atoms in total. The zero-order valence-electron chi connectivity index (χ0n) is 20.0. The van der Waals surface area contributed by atoms with E-state index in [0.29, 0.717) is 60.7 Å². The van der Waals surface area contributed by atoms with E-state index < -0.39 is 17.8 Å². The van der Waals surface area contributed by atoms with Gasteiger partial charge in [0.05, 0.1) is 29.7 Å². The van der Waals surface area contributed by atoms with Crippen molar-refractivity contribution in [3.05, 3.63) is 65.0 Å². The Balaban J connectivity index is 1.36. The van der Waals surface area contributed by atoms with Crippen molar-refractivity contribution in [2.75, 3.05) is 6.61 Å². The van der Waals surface area contributed by atoms with Gasteiger partial charge in [-0.2, -0.15) is 5.10 Å². The topological polar surface area (TPSA) is 78.6 Å². The molecule has 2 fully saturated rings. The zero-order valence-corrected chi connectivity index (χ0v) is 20.0. The van der Waals surface area contributed by atoms with E-state index in [1.165, 1.54) is 12.1 Å². The summed E-state index contributed by atoms with van der Waals surface area (Å²) in [5, 5.41) is 4.42. The summed E-state index contributed by atoms with van der Waals surface area (Å²) in [6, 6.07) is 3.51. The molecule has 4 aromatic rings. The summed E-state index contributed by atoms with van der Waals surface area (Å²) in [6.07, 6.45) is 5.02. The number of fused-ring (bicyclic) bond motifs is 1. The predicted molar refractivity (Wildman–Crippen MR) is 126 cm³/mol. The molecule has 1 aliphatic carbocycles. The lowest BCUT2D eigenvalue weighted by atomic mass is 9.90. The molecule has 2 unspecified atom stereocenters. The van der Waals surface area contributed by atoms with Crippen LogP contribution in [0.3, 0.4) is 0 Å². The molecule has 0 radical (unpaired) electrons. The predicted octanol–water partition coefficient (Wildman–Crippen LogP) is 5.49. The molecule has 186 valence electrons. The third-order valence-electron chi connectivity index (χ3n) is 7.22. The molecule has 2 aliphatic rings. The number of aromatic nitrogens is 6. The van der Waals surface area contributed by atoms with Gasteiger partial charge in [0.15, 0.2) is 5.65 Å². The molecule has 1 aromatic carbocycles. The Morgan fingerprint density at radius 3 is 2.58 bits per heavy atom. The van der Waals surface area contributed by atoms with Gasteiger partial charge in [-0.05, 0) is 38.8 Å². The number of benzene rings is 1. The monoisotopic (exact) mass is 494 g/mol. The molecule has 1 saturated heterocycles. The van der Waals surface area contributed by atoms with E-state index in [4.69, 9.17) is 14.7 Å². The second-order valence-electron chi connectivity index (χ2n) is 9.68. The van der Waals surface area contributed by atoms with Gasteiger partial charge in [0, 0.05) is 48.8 Å². The number of rotatable bonds is 4. The van der Waals surface area contributed by atoms with E-state index in [1.54, 1.807) is 6.20 Å². The Morgan fingerprint density at radius 1 is 1.00 bits per heavy atom. The highest BCUT2D eigenvalue weighted by Gasteiger charge is 2.33. The van der Waals surface area contributed by atoms with Crippen molar-refractivity contribution in [2.45, 2.75) is 63.8 Å². The molecule has 2 atom stereocenters. The minimum Gasteiger partial charge on any atom is -0.373 e. The van der Waals surface area contributed by atoms with Gasteiger partial charge in [0.25, 0.3) is 0 Å². The standard InChI is InChI=1S/C26H25F3N6O/c1-13-14(2)32-26-24(31-13)23(20-4-3-17(27)10-21(20)29)33-25(34-26)15-5-6-36-22(7-15)16-11-30-35(12-16)19-8-18(28)9-19/h3-4,10-12,15,18-19,22H,5-9H2,1-2H3. The van der Waals surface area contributed by atoms with Gasteiger partial charge in [0.1, 0.15) is 34.8 Å². The molecule has 0 amide bonds. The molecule has 0 N–H and O–H groups in total. The lowest BCUT2D eigenvalue weighted by molar-refractivity contribution is 0.00386. The first kappa shape index (κ1) is 23.0. The van der Waals surface area contributed by atoms with Crippen molar-refractivity contribution in [2.24, 2.45) is 0 Å². The average Bonchev–Trinajstić information content (AvgIpc) is 3.32. The van der Waals surface area contributed by atoms with Crippen LogP contribution < -0.4 is 0 Å². The third kappa shape index (κ3) is 4.13. The summed E-state index contributed by atoms with van der Waals surface area (Å²) in [4.78, 5) is 18.7. The van der Waals surface area contributed by atoms with Crippen LogP contribution in [0, 0.1) is 25.5 Å². The minimum atomic E-state index is -0.751. The lowest BCUT2D eigenvalue weighted by Gasteiger charge is -2.30. The smallest absolute Gasteiger partial charge is 0.182 e.